The van der Waals surface area contributed by atoms with Gasteiger partial charge in [0.25, 0.3) is 0 Å². The van der Waals surface area contributed by atoms with E-state index in [2.05, 4.69) is 265 Å². The molecule has 12 aromatic carbocycles. The van der Waals surface area contributed by atoms with Crippen molar-refractivity contribution in [3.05, 3.63) is 255 Å². The van der Waals surface area contributed by atoms with Crippen molar-refractivity contribution >= 4 is 129 Å². The van der Waals surface area contributed by atoms with Gasteiger partial charge in [-0.3, -0.25) is 0 Å². The molecule has 4 heteroatoms. The van der Waals surface area contributed by atoms with Gasteiger partial charge in [0.15, 0.2) is 0 Å². The third kappa shape index (κ3) is 6.75. The molecule has 0 bridgehead atoms. The molecule has 0 fully saturated rings. The van der Waals surface area contributed by atoms with Crippen LogP contribution in [0.15, 0.2) is 255 Å². The summed E-state index contributed by atoms with van der Waals surface area (Å²) in [7, 11) is 0. The molecule has 0 spiro atoms. The van der Waals surface area contributed by atoms with Gasteiger partial charge in [-0.25, -0.2) is 0 Å². The van der Waals surface area contributed by atoms with Crippen LogP contribution in [-0.4, -0.2) is 0 Å². The van der Waals surface area contributed by atoms with E-state index < -0.39 is 0 Å². The SMILES string of the molecule is c1ccc(-c2ccc(N(c3ccc4sc5ccccc5c4c3)c3cc4c5ccccc5c(N(c5ccc(-c6ccccc6)cc5)c5ccc6sc7ccccc7c6c5)cc4c4ccccc34)cc2)cc1. The number of hydrogen-bond acceptors (Lipinski definition) is 4. The Kier molecular flexibility index (Phi) is 9.61. The third-order valence-corrected chi connectivity index (χ3v) is 16.3. The van der Waals surface area contributed by atoms with Crippen molar-refractivity contribution in [2.45, 2.75) is 0 Å². The summed E-state index contributed by atoms with van der Waals surface area (Å²) in [5.74, 6) is 0. The highest BCUT2D eigenvalue weighted by Gasteiger charge is 2.23. The summed E-state index contributed by atoms with van der Waals surface area (Å²) in [5.41, 5.74) is 11.5. The van der Waals surface area contributed by atoms with E-state index >= 15 is 0 Å². The van der Waals surface area contributed by atoms with Gasteiger partial charge in [-0.15, -0.1) is 22.7 Å². The summed E-state index contributed by atoms with van der Waals surface area (Å²) >= 11 is 3.72. The second kappa shape index (κ2) is 16.6. The lowest BCUT2D eigenvalue weighted by Crippen LogP contribution is -2.12. The van der Waals surface area contributed by atoms with Gasteiger partial charge in [0, 0.05) is 73.9 Å². The average Bonchev–Trinajstić information content (AvgIpc) is 4.00. The molecule has 0 aliphatic heterocycles. The van der Waals surface area contributed by atoms with Crippen LogP contribution in [0.3, 0.4) is 0 Å². The highest BCUT2D eigenvalue weighted by atomic mass is 32.1. The number of benzene rings is 12. The lowest BCUT2D eigenvalue weighted by Gasteiger charge is -2.30. The second-order valence-electron chi connectivity index (χ2n) is 18.0. The largest absolute Gasteiger partial charge is 0.310 e. The number of fused-ring (bicyclic) bond motifs is 11. The Labute approximate surface area is 413 Å². The molecule has 0 radical (unpaired) electrons. The van der Waals surface area contributed by atoms with Gasteiger partial charge >= 0.3 is 0 Å². The normalized spacial score (nSPS) is 11.7. The Morgan fingerprint density at radius 3 is 0.929 bits per heavy atom. The molecular formula is C66H42N2S2. The fourth-order valence-electron chi connectivity index (χ4n) is 10.7. The summed E-state index contributed by atoms with van der Waals surface area (Å²) in [4.78, 5) is 4.96. The lowest BCUT2D eigenvalue weighted by molar-refractivity contribution is 1.30. The summed E-state index contributed by atoms with van der Waals surface area (Å²) in [6.45, 7) is 0. The zero-order valence-electron chi connectivity index (χ0n) is 38.0. The summed E-state index contributed by atoms with van der Waals surface area (Å²) in [6, 6.07) is 94.0. The van der Waals surface area contributed by atoms with Crippen LogP contribution in [0.5, 0.6) is 0 Å². The van der Waals surface area contributed by atoms with Crippen LogP contribution in [0.2, 0.25) is 0 Å². The number of nitrogens with zero attached hydrogens (tertiary/aromatic N) is 2. The third-order valence-electron chi connectivity index (χ3n) is 14.0. The monoisotopic (exact) mass is 926 g/mol. The first-order chi connectivity index (χ1) is 34.7. The van der Waals surface area contributed by atoms with E-state index in [1.54, 1.807) is 0 Å². The first kappa shape index (κ1) is 40.5. The van der Waals surface area contributed by atoms with Crippen molar-refractivity contribution in [2.75, 3.05) is 9.80 Å². The van der Waals surface area contributed by atoms with Crippen molar-refractivity contribution in [1.82, 2.24) is 0 Å². The van der Waals surface area contributed by atoms with Gasteiger partial charge in [-0.05, 0) is 129 Å². The first-order valence-corrected chi connectivity index (χ1v) is 25.4. The van der Waals surface area contributed by atoms with Gasteiger partial charge in [0.05, 0.1) is 11.4 Å². The molecule has 2 nitrogen and oxygen atoms in total. The molecule has 0 aliphatic rings. The minimum absolute atomic E-state index is 1.10. The van der Waals surface area contributed by atoms with E-state index in [0.29, 0.717) is 0 Å². The Morgan fingerprint density at radius 2 is 0.514 bits per heavy atom. The minimum Gasteiger partial charge on any atom is -0.310 e. The number of rotatable bonds is 8. The molecule has 0 amide bonds. The zero-order valence-corrected chi connectivity index (χ0v) is 39.6. The Morgan fingerprint density at radius 1 is 0.200 bits per heavy atom. The molecular weight excluding hydrogens is 885 g/mol. The second-order valence-corrected chi connectivity index (χ2v) is 20.2. The van der Waals surface area contributed by atoms with Crippen molar-refractivity contribution in [2.24, 2.45) is 0 Å². The standard InChI is InChI=1S/C66H42N2S2/c1-3-15-43(16-4-1)45-27-31-47(32-28-45)67(49-35-37-65-59(39-49)55-23-11-13-25-63(55)69-65)61-41-57-52-20-8-10-22-54(52)62(42-58(57)51-19-7-9-21-53(51)61)68(48-33-29-46(30-34-48)44-17-5-2-6-18-44)50-36-38-66-60(40-50)56-24-12-14-26-64(56)70-66/h1-42H. The zero-order chi connectivity index (χ0) is 46.1. The maximum absolute atomic E-state index is 2.48. The smallest absolute Gasteiger partial charge is 0.0546 e. The van der Waals surface area contributed by atoms with E-state index in [1.165, 1.54) is 94.9 Å². The van der Waals surface area contributed by atoms with E-state index in [1.807, 2.05) is 22.7 Å². The fraction of sp³-hybridized carbons (Fsp3) is 0. The average molecular weight is 927 g/mol. The molecule has 0 aliphatic carbocycles. The highest BCUT2D eigenvalue weighted by Crippen LogP contribution is 2.50. The van der Waals surface area contributed by atoms with Gasteiger partial charge in [0.2, 0.25) is 0 Å². The Hall–Kier alpha value is -8.54. The van der Waals surface area contributed by atoms with Crippen LogP contribution < -0.4 is 9.80 Å². The summed E-state index contributed by atoms with van der Waals surface area (Å²) in [5, 5.41) is 12.3. The van der Waals surface area contributed by atoms with Crippen LogP contribution in [0.1, 0.15) is 0 Å². The molecule has 0 saturated heterocycles. The molecule has 2 heterocycles. The fourth-order valence-corrected chi connectivity index (χ4v) is 12.9. The van der Waals surface area contributed by atoms with Gasteiger partial charge in [0.1, 0.15) is 0 Å². The van der Waals surface area contributed by atoms with E-state index in [-0.39, 0.29) is 0 Å². The topological polar surface area (TPSA) is 6.48 Å². The maximum Gasteiger partial charge on any atom is 0.0546 e. The van der Waals surface area contributed by atoms with Crippen molar-refractivity contribution in [3.63, 3.8) is 0 Å². The summed E-state index contributed by atoms with van der Waals surface area (Å²) in [6.07, 6.45) is 0. The lowest BCUT2D eigenvalue weighted by atomic mass is 9.93. The van der Waals surface area contributed by atoms with Crippen LogP contribution in [0.4, 0.5) is 34.1 Å². The van der Waals surface area contributed by atoms with Gasteiger partial charge < -0.3 is 9.80 Å². The Balaban J connectivity index is 1.01. The molecule has 0 unspecified atom stereocenters. The van der Waals surface area contributed by atoms with Crippen LogP contribution in [0, 0.1) is 0 Å². The highest BCUT2D eigenvalue weighted by molar-refractivity contribution is 7.26. The molecule has 328 valence electrons. The van der Waals surface area contributed by atoms with Crippen LogP contribution in [-0.2, 0) is 0 Å². The van der Waals surface area contributed by atoms with E-state index in [0.717, 1.165) is 34.1 Å². The van der Waals surface area contributed by atoms with Crippen molar-refractivity contribution in [1.29, 1.82) is 0 Å². The number of hydrogen-bond donors (Lipinski definition) is 0. The molecule has 14 aromatic rings. The number of thiophene rings is 2. The maximum atomic E-state index is 2.48. The Bertz CT molecular complexity index is 4010. The predicted octanol–water partition coefficient (Wildman–Crippen LogP) is 20.2. The minimum atomic E-state index is 1.10. The molecule has 0 N–H and O–H groups in total. The van der Waals surface area contributed by atoms with Crippen molar-refractivity contribution in [3.8, 4) is 22.3 Å². The molecule has 0 atom stereocenters. The van der Waals surface area contributed by atoms with Crippen LogP contribution in [0.25, 0.3) is 94.9 Å². The molecule has 14 rings (SSSR count). The van der Waals surface area contributed by atoms with E-state index in [4.69, 9.17) is 0 Å². The predicted molar refractivity (Wildman–Crippen MR) is 305 cm³/mol. The summed E-state index contributed by atoms with van der Waals surface area (Å²) < 4.78 is 5.18. The van der Waals surface area contributed by atoms with Crippen LogP contribution >= 0.6 is 22.7 Å². The van der Waals surface area contributed by atoms with Gasteiger partial charge in [-0.2, -0.15) is 0 Å². The van der Waals surface area contributed by atoms with Gasteiger partial charge in [-0.1, -0.05) is 170 Å². The molecule has 2 aromatic heterocycles. The molecule has 70 heavy (non-hydrogen) atoms. The number of anilines is 6. The van der Waals surface area contributed by atoms with E-state index in [9.17, 15) is 0 Å². The van der Waals surface area contributed by atoms with Crippen molar-refractivity contribution < 1.29 is 0 Å². The molecule has 0 saturated carbocycles. The first-order valence-electron chi connectivity index (χ1n) is 23.8. The quantitative estimate of drug-likeness (QED) is 0.140.